The van der Waals surface area contributed by atoms with Gasteiger partial charge >= 0.3 is 0 Å². The summed E-state index contributed by atoms with van der Waals surface area (Å²) in [6.45, 7) is 2.13. The minimum absolute atomic E-state index is 0.0598. The maximum atomic E-state index is 6.39. The molecule has 4 heteroatoms. The summed E-state index contributed by atoms with van der Waals surface area (Å²) in [5.41, 5.74) is 7.49. The van der Waals surface area contributed by atoms with Crippen molar-refractivity contribution in [2.24, 2.45) is 11.7 Å². The van der Waals surface area contributed by atoms with Gasteiger partial charge < -0.3 is 15.8 Å². The SMILES string of the molecule is COc1ccc(Br)cc1C(N)C1CCNCC1. The summed E-state index contributed by atoms with van der Waals surface area (Å²) in [6, 6.07) is 6.09. The van der Waals surface area contributed by atoms with Gasteiger partial charge in [0.15, 0.2) is 0 Å². The lowest BCUT2D eigenvalue weighted by Crippen LogP contribution is -2.33. The van der Waals surface area contributed by atoms with Crippen LogP contribution in [0.25, 0.3) is 0 Å². The van der Waals surface area contributed by atoms with Crippen LogP contribution in [0.4, 0.5) is 0 Å². The molecular formula is C13H19BrN2O. The van der Waals surface area contributed by atoms with Crippen LogP contribution in [0.2, 0.25) is 0 Å². The maximum Gasteiger partial charge on any atom is 0.123 e. The van der Waals surface area contributed by atoms with Crippen LogP contribution in [0, 0.1) is 5.92 Å². The number of methoxy groups -OCH3 is 1. The Morgan fingerprint density at radius 3 is 2.76 bits per heavy atom. The molecular weight excluding hydrogens is 280 g/mol. The first-order chi connectivity index (χ1) is 8.22. The zero-order chi connectivity index (χ0) is 12.3. The fourth-order valence-electron chi connectivity index (χ4n) is 2.42. The third kappa shape index (κ3) is 3.00. The van der Waals surface area contributed by atoms with Gasteiger partial charge in [0, 0.05) is 16.1 Å². The van der Waals surface area contributed by atoms with Crippen molar-refractivity contribution < 1.29 is 4.74 Å². The second-order valence-corrected chi connectivity index (χ2v) is 5.42. The minimum Gasteiger partial charge on any atom is -0.496 e. The van der Waals surface area contributed by atoms with Gasteiger partial charge in [0.2, 0.25) is 0 Å². The number of hydrogen-bond donors (Lipinski definition) is 2. The Balaban J connectivity index is 2.21. The van der Waals surface area contributed by atoms with Crippen LogP contribution in [0.1, 0.15) is 24.4 Å². The Morgan fingerprint density at radius 2 is 2.12 bits per heavy atom. The van der Waals surface area contributed by atoms with E-state index < -0.39 is 0 Å². The summed E-state index contributed by atoms with van der Waals surface area (Å²) >= 11 is 3.49. The molecule has 0 spiro atoms. The normalized spacial score (nSPS) is 19.0. The molecule has 1 aliphatic rings. The van der Waals surface area contributed by atoms with Crippen molar-refractivity contribution in [2.75, 3.05) is 20.2 Å². The fourth-order valence-corrected chi connectivity index (χ4v) is 2.80. The Hall–Kier alpha value is -0.580. The summed E-state index contributed by atoms with van der Waals surface area (Å²) in [5, 5.41) is 3.36. The molecule has 3 N–H and O–H groups in total. The van der Waals surface area contributed by atoms with Crippen LogP contribution < -0.4 is 15.8 Å². The van der Waals surface area contributed by atoms with Gasteiger partial charge in [0.1, 0.15) is 5.75 Å². The molecule has 1 aromatic rings. The van der Waals surface area contributed by atoms with E-state index in [2.05, 4.69) is 27.3 Å². The molecule has 1 aliphatic heterocycles. The quantitative estimate of drug-likeness (QED) is 0.901. The summed E-state index contributed by atoms with van der Waals surface area (Å²) < 4.78 is 6.45. The van der Waals surface area contributed by atoms with E-state index in [0.29, 0.717) is 5.92 Å². The maximum absolute atomic E-state index is 6.39. The molecule has 1 aromatic carbocycles. The van der Waals surface area contributed by atoms with Gasteiger partial charge in [0.05, 0.1) is 7.11 Å². The van der Waals surface area contributed by atoms with Crippen LogP contribution in [0.15, 0.2) is 22.7 Å². The van der Waals surface area contributed by atoms with Gasteiger partial charge in [-0.3, -0.25) is 0 Å². The number of halogens is 1. The summed E-state index contributed by atoms with van der Waals surface area (Å²) in [7, 11) is 1.70. The lowest BCUT2D eigenvalue weighted by atomic mass is 9.86. The van der Waals surface area contributed by atoms with Crippen molar-refractivity contribution in [1.29, 1.82) is 0 Å². The zero-order valence-corrected chi connectivity index (χ0v) is 11.7. The lowest BCUT2D eigenvalue weighted by molar-refractivity contribution is 0.313. The Morgan fingerprint density at radius 1 is 1.41 bits per heavy atom. The Kier molecular flexibility index (Phi) is 4.42. The molecule has 1 unspecified atom stereocenters. The highest BCUT2D eigenvalue weighted by atomic mass is 79.9. The average molecular weight is 299 g/mol. The van der Waals surface area contributed by atoms with Crippen molar-refractivity contribution in [3.05, 3.63) is 28.2 Å². The van der Waals surface area contributed by atoms with Gasteiger partial charge in [-0.15, -0.1) is 0 Å². The van der Waals surface area contributed by atoms with Gasteiger partial charge in [-0.1, -0.05) is 15.9 Å². The second kappa shape index (κ2) is 5.85. The van der Waals surface area contributed by atoms with Gasteiger partial charge in [-0.2, -0.15) is 0 Å². The highest BCUT2D eigenvalue weighted by Gasteiger charge is 2.24. The standard InChI is InChI=1S/C13H19BrN2O/c1-17-12-3-2-10(14)8-11(12)13(15)9-4-6-16-7-5-9/h2-3,8-9,13,16H,4-7,15H2,1H3. The summed E-state index contributed by atoms with van der Waals surface area (Å²) in [5.74, 6) is 1.43. The molecule has 0 amide bonds. The molecule has 2 rings (SSSR count). The van der Waals surface area contributed by atoms with E-state index in [0.717, 1.165) is 41.7 Å². The van der Waals surface area contributed by atoms with Crippen molar-refractivity contribution in [3.63, 3.8) is 0 Å². The molecule has 3 nitrogen and oxygen atoms in total. The number of piperidine rings is 1. The average Bonchev–Trinajstić information content (AvgIpc) is 2.39. The minimum atomic E-state index is 0.0598. The summed E-state index contributed by atoms with van der Waals surface area (Å²) in [4.78, 5) is 0. The second-order valence-electron chi connectivity index (χ2n) is 4.50. The van der Waals surface area contributed by atoms with Crippen molar-refractivity contribution in [2.45, 2.75) is 18.9 Å². The number of nitrogens with two attached hydrogens (primary N) is 1. The van der Waals surface area contributed by atoms with E-state index in [-0.39, 0.29) is 6.04 Å². The van der Waals surface area contributed by atoms with Crippen LogP contribution in [0.5, 0.6) is 5.75 Å². The molecule has 0 radical (unpaired) electrons. The highest BCUT2D eigenvalue weighted by molar-refractivity contribution is 9.10. The van der Waals surface area contributed by atoms with Crippen molar-refractivity contribution in [1.82, 2.24) is 5.32 Å². The van der Waals surface area contributed by atoms with Crippen molar-refractivity contribution in [3.8, 4) is 5.75 Å². The number of ether oxygens (including phenoxy) is 1. The predicted molar refractivity (Wildman–Crippen MR) is 73.2 cm³/mol. The smallest absolute Gasteiger partial charge is 0.123 e. The monoisotopic (exact) mass is 298 g/mol. The number of hydrogen-bond acceptors (Lipinski definition) is 3. The molecule has 94 valence electrons. The number of nitrogens with one attached hydrogen (secondary N) is 1. The molecule has 0 bridgehead atoms. The molecule has 1 fully saturated rings. The van der Waals surface area contributed by atoms with Gasteiger partial charge in [0.25, 0.3) is 0 Å². The first-order valence-corrected chi connectivity index (χ1v) is 6.81. The molecule has 1 heterocycles. The third-order valence-corrected chi connectivity index (χ3v) is 3.94. The van der Waals surface area contributed by atoms with Crippen LogP contribution in [-0.2, 0) is 0 Å². The molecule has 1 saturated heterocycles. The molecule has 0 saturated carbocycles. The van der Waals surface area contributed by atoms with Crippen LogP contribution in [0.3, 0.4) is 0 Å². The predicted octanol–water partition coefficient (Wildman–Crippen LogP) is 2.46. The first-order valence-electron chi connectivity index (χ1n) is 6.02. The largest absolute Gasteiger partial charge is 0.496 e. The highest BCUT2D eigenvalue weighted by Crippen LogP contribution is 2.34. The van der Waals surface area contributed by atoms with E-state index in [1.807, 2.05) is 12.1 Å². The molecule has 0 aliphatic carbocycles. The van der Waals surface area contributed by atoms with E-state index in [1.165, 1.54) is 0 Å². The zero-order valence-electron chi connectivity index (χ0n) is 10.1. The third-order valence-electron chi connectivity index (χ3n) is 3.44. The Labute approximate surface area is 111 Å². The molecule has 17 heavy (non-hydrogen) atoms. The first kappa shape index (κ1) is 12.9. The Bertz CT molecular complexity index is 378. The summed E-state index contributed by atoms with van der Waals surface area (Å²) in [6.07, 6.45) is 2.27. The molecule has 1 atom stereocenters. The van der Waals surface area contributed by atoms with E-state index in [1.54, 1.807) is 7.11 Å². The topological polar surface area (TPSA) is 47.3 Å². The number of benzene rings is 1. The van der Waals surface area contributed by atoms with Gasteiger partial charge in [-0.05, 0) is 50.0 Å². The molecule has 0 aromatic heterocycles. The van der Waals surface area contributed by atoms with E-state index in [9.17, 15) is 0 Å². The number of rotatable bonds is 3. The van der Waals surface area contributed by atoms with E-state index >= 15 is 0 Å². The van der Waals surface area contributed by atoms with Gasteiger partial charge in [-0.25, -0.2) is 0 Å². The van der Waals surface area contributed by atoms with Crippen LogP contribution >= 0.6 is 15.9 Å². The van der Waals surface area contributed by atoms with Crippen LogP contribution in [-0.4, -0.2) is 20.2 Å². The van der Waals surface area contributed by atoms with E-state index in [4.69, 9.17) is 10.5 Å². The van der Waals surface area contributed by atoms with Crippen molar-refractivity contribution >= 4 is 15.9 Å². The fraction of sp³-hybridized carbons (Fsp3) is 0.538. The lowest BCUT2D eigenvalue weighted by Gasteiger charge is -2.29.